The SMILES string of the molecule is CC1CCN(Cc2ccc(NC(=O)C3(c4ccc(Br)cc4)CCOCC3)cc2)CC1. The van der Waals surface area contributed by atoms with Crippen molar-refractivity contribution >= 4 is 27.5 Å². The van der Waals surface area contributed by atoms with E-state index in [1.54, 1.807) is 0 Å². The Hall–Kier alpha value is -1.69. The summed E-state index contributed by atoms with van der Waals surface area (Å²) in [5.74, 6) is 0.910. The highest BCUT2D eigenvalue weighted by Gasteiger charge is 2.41. The minimum absolute atomic E-state index is 0.0610. The van der Waals surface area contributed by atoms with E-state index in [1.807, 2.05) is 24.3 Å². The number of likely N-dealkylation sites (tertiary alicyclic amines) is 1. The first-order valence-electron chi connectivity index (χ1n) is 11.0. The number of halogens is 1. The van der Waals surface area contributed by atoms with Crippen molar-refractivity contribution in [1.82, 2.24) is 4.90 Å². The maximum Gasteiger partial charge on any atom is 0.235 e. The summed E-state index contributed by atoms with van der Waals surface area (Å²) in [4.78, 5) is 15.9. The van der Waals surface area contributed by atoms with Crippen molar-refractivity contribution in [3.05, 3.63) is 64.1 Å². The van der Waals surface area contributed by atoms with Gasteiger partial charge in [-0.1, -0.05) is 47.1 Å². The number of piperidine rings is 1. The zero-order chi connectivity index (χ0) is 21.0. The second kappa shape index (κ2) is 9.63. The Morgan fingerprint density at radius 1 is 1.07 bits per heavy atom. The molecule has 0 saturated carbocycles. The van der Waals surface area contributed by atoms with Gasteiger partial charge < -0.3 is 10.1 Å². The van der Waals surface area contributed by atoms with Crippen LogP contribution in [0.25, 0.3) is 0 Å². The van der Waals surface area contributed by atoms with Crippen molar-refractivity contribution in [2.75, 3.05) is 31.6 Å². The third kappa shape index (κ3) is 4.96. The lowest BCUT2D eigenvalue weighted by Gasteiger charge is -2.36. The van der Waals surface area contributed by atoms with Crippen LogP contribution in [0.1, 0.15) is 43.7 Å². The lowest BCUT2D eigenvalue weighted by Crippen LogP contribution is -2.44. The predicted molar refractivity (Wildman–Crippen MR) is 125 cm³/mol. The first-order valence-corrected chi connectivity index (χ1v) is 11.8. The lowest BCUT2D eigenvalue weighted by atomic mass is 9.73. The normalized spacial score (nSPS) is 20.1. The fraction of sp³-hybridized carbons (Fsp3) is 0.480. The van der Waals surface area contributed by atoms with Crippen molar-refractivity contribution in [1.29, 1.82) is 0 Å². The predicted octanol–water partition coefficient (Wildman–Crippen LogP) is 5.37. The topological polar surface area (TPSA) is 41.6 Å². The molecule has 0 aromatic heterocycles. The summed E-state index contributed by atoms with van der Waals surface area (Å²) < 4.78 is 6.59. The number of nitrogens with zero attached hydrogens (tertiary/aromatic N) is 1. The zero-order valence-electron chi connectivity index (χ0n) is 17.7. The van der Waals surface area contributed by atoms with Crippen LogP contribution >= 0.6 is 15.9 Å². The number of nitrogens with one attached hydrogen (secondary N) is 1. The number of carbonyl (C=O) groups excluding carboxylic acids is 1. The first kappa shape index (κ1) is 21.5. The van der Waals surface area contributed by atoms with Gasteiger partial charge in [0.05, 0.1) is 5.41 Å². The van der Waals surface area contributed by atoms with Gasteiger partial charge in [-0.15, -0.1) is 0 Å². The van der Waals surface area contributed by atoms with Crippen LogP contribution < -0.4 is 5.32 Å². The Labute approximate surface area is 188 Å². The van der Waals surface area contributed by atoms with Gasteiger partial charge >= 0.3 is 0 Å². The van der Waals surface area contributed by atoms with E-state index in [0.29, 0.717) is 26.1 Å². The highest BCUT2D eigenvalue weighted by atomic mass is 79.9. The van der Waals surface area contributed by atoms with Crippen molar-refractivity contribution in [2.24, 2.45) is 5.92 Å². The quantitative estimate of drug-likeness (QED) is 0.638. The molecule has 1 amide bonds. The fourth-order valence-corrected chi connectivity index (χ4v) is 4.82. The van der Waals surface area contributed by atoms with Gasteiger partial charge in [-0.2, -0.15) is 0 Å². The number of benzene rings is 2. The van der Waals surface area contributed by atoms with Gasteiger partial charge in [0.1, 0.15) is 0 Å². The van der Waals surface area contributed by atoms with Crippen LogP contribution in [-0.2, 0) is 21.5 Å². The van der Waals surface area contributed by atoms with E-state index in [1.165, 1.54) is 31.5 Å². The molecule has 2 heterocycles. The molecule has 5 heteroatoms. The van der Waals surface area contributed by atoms with E-state index in [9.17, 15) is 4.79 Å². The molecule has 0 atom stereocenters. The van der Waals surface area contributed by atoms with Gasteiger partial charge in [0, 0.05) is 29.9 Å². The molecule has 2 aromatic carbocycles. The molecule has 160 valence electrons. The summed E-state index contributed by atoms with van der Waals surface area (Å²) in [6, 6.07) is 16.5. The minimum atomic E-state index is -0.540. The molecular weight excluding hydrogens is 440 g/mol. The van der Waals surface area contributed by atoms with Gasteiger partial charge in [0.15, 0.2) is 0 Å². The van der Waals surface area contributed by atoms with Gasteiger partial charge in [0.25, 0.3) is 0 Å². The fourth-order valence-electron chi connectivity index (χ4n) is 4.56. The molecule has 0 bridgehead atoms. The molecule has 4 rings (SSSR count). The summed E-state index contributed by atoms with van der Waals surface area (Å²) in [5, 5.41) is 3.18. The lowest BCUT2D eigenvalue weighted by molar-refractivity contribution is -0.125. The maximum absolute atomic E-state index is 13.4. The number of hydrogen-bond acceptors (Lipinski definition) is 3. The second-order valence-corrected chi connectivity index (χ2v) is 9.73. The van der Waals surface area contributed by atoms with Crippen molar-refractivity contribution < 1.29 is 9.53 Å². The molecule has 4 nitrogen and oxygen atoms in total. The van der Waals surface area contributed by atoms with E-state index in [0.717, 1.165) is 28.2 Å². The third-order valence-electron chi connectivity index (χ3n) is 6.67. The summed E-state index contributed by atoms with van der Waals surface area (Å²) in [7, 11) is 0. The van der Waals surface area contributed by atoms with Gasteiger partial charge in [0.2, 0.25) is 5.91 Å². The zero-order valence-corrected chi connectivity index (χ0v) is 19.3. The average Bonchev–Trinajstić information content (AvgIpc) is 2.77. The smallest absolute Gasteiger partial charge is 0.235 e. The van der Waals surface area contributed by atoms with Crippen LogP contribution in [0.3, 0.4) is 0 Å². The third-order valence-corrected chi connectivity index (χ3v) is 7.20. The van der Waals surface area contributed by atoms with E-state index >= 15 is 0 Å². The van der Waals surface area contributed by atoms with Gasteiger partial charge in [-0.3, -0.25) is 9.69 Å². The Kier molecular flexibility index (Phi) is 6.91. The standard InChI is InChI=1S/C25H31BrN2O2/c1-19-10-14-28(15-11-19)18-20-2-8-23(9-3-20)27-24(29)25(12-16-30-17-13-25)21-4-6-22(26)7-5-21/h2-9,19H,10-18H2,1H3,(H,27,29). The molecule has 0 aliphatic carbocycles. The van der Waals surface area contributed by atoms with Crippen LogP contribution in [0.4, 0.5) is 5.69 Å². The molecular formula is C25H31BrN2O2. The van der Waals surface area contributed by atoms with Crippen LogP contribution in [0.5, 0.6) is 0 Å². The van der Waals surface area contributed by atoms with Crippen LogP contribution in [0.2, 0.25) is 0 Å². The summed E-state index contributed by atoms with van der Waals surface area (Å²) >= 11 is 3.49. The molecule has 0 spiro atoms. The number of amides is 1. The van der Waals surface area contributed by atoms with Crippen molar-refractivity contribution in [2.45, 2.75) is 44.6 Å². The van der Waals surface area contributed by atoms with Gasteiger partial charge in [-0.25, -0.2) is 0 Å². The van der Waals surface area contributed by atoms with Gasteiger partial charge in [-0.05, 0) is 80.1 Å². The van der Waals surface area contributed by atoms with E-state index in [2.05, 4.69) is 57.3 Å². The molecule has 2 fully saturated rings. The Morgan fingerprint density at radius 3 is 2.33 bits per heavy atom. The number of hydrogen-bond donors (Lipinski definition) is 1. The van der Waals surface area contributed by atoms with Crippen LogP contribution in [0, 0.1) is 5.92 Å². The van der Waals surface area contributed by atoms with Crippen LogP contribution in [-0.4, -0.2) is 37.1 Å². The second-order valence-electron chi connectivity index (χ2n) is 8.81. The highest BCUT2D eigenvalue weighted by molar-refractivity contribution is 9.10. The van der Waals surface area contributed by atoms with Crippen molar-refractivity contribution in [3.63, 3.8) is 0 Å². The summed E-state index contributed by atoms with van der Waals surface area (Å²) in [5.41, 5.74) is 2.68. The number of carbonyl (C=O) groups is 1. The molecule has 30 heavy (non-hydrogen) atoms. The Bertz CT molecular complexity index is 836. The minimum Gasteiger partial charge on any atom is -0.381 e. The number of rotatable bonds is 5. The Morgan fingerprint density at radius 2 is 1.70 bits per heavy atom. The molecule has 2 saturated heterocycles. The van der Waals surface area contributed by atoms with Crippen LogP contribution in [0.15, 0.2) is 53.0 Å². The molecule has 2 aliphatic rings. The monoisotopic (exact) mass is 470 g/mol. The first-order chi connectivity index (χ1) is 14.5. The molecule has 0 radical (unpaired) electrons. The van der Waals surface area contributed by atoms with Crippen molar-refractivity contribution in [3.8, 4) is 0 Å². The highest BCUT2D eigenvalue weighted by Crippen LogP contribution is 2.36. The largest absolute Gasteiger partial charge is 0.381 e. The molecule has 0 unspecified atom stereocenters. The maximum atomic E-state index is 13.4. The van der Waals surface area contributed by atoms with E-state index in [-0.39, 0.29) is 5.91 Å². The van der Waals surface area contributed by atoms with E-state index in [4.69, 9.17) is 4.74 Å². The molecule has 1 N–H and O–H groups in total. The van der Waals surface area contributed by atoms with E-state index < -0.39 is 5.41 Å². The molecule has 2 aliphatic heterocycles. The number of ether oxygens (including phenoxy) is 1. The average molecular weight is 471 g/mol. The summed E-state index contributed by atoms with van der Waals surface area (Å²) in [6.45, 7) is 6.90. The Balaban J connectivity index is 1.44. The number of anilines is 1. The summed E-state index contributed by atoms with van der Waals surface area (Å²) in [6.07, 6.45) is 3.98. The molecule has 2 aromatic rings.